The van der Waals surface area contributed by atoms with Crippen molar-refractivity contribution in [1.82, 2.24) is 0 Å². The molecule has 0 amide bonds. The molecule has 2 aliphatic rings. The van der Waals surface area contributed by atoms with Crippen molar-refractivity contribution in [2.45, 2.75) is 0 Å². The summed E-state index contributed by atoms with van der Waals surface area (Å²) in [7, 11) is 0. The Labute approximate surface area is 159 Å². The van der Waals surface area contributed by atoms with Crippen molar-refractivity contribution in [2.75, 3.05) is 0 Å². The molecule has 1 aliphatic heterocycles. The van der Waals surface area contributed by atoms with Crippen molar-refractivity contribution in [2.24, 2.45) is 0 Å². The minimum Gasteiger partial charge on any atom is -0.457 e. The molecule has 0 atom stereocenters. The minimum atomic E-state index is 0.759. The van der Waals surface area contributed by atoms with Crippen molar-refractivity contribution < 1.29 is 10.1 Å². The molecule has 0 bridgehead atoms. The molecule has 2 aromatic rings. The van der Waals surface area contributed by atoms with Gasteiger partial charge in [-0.05, 0) is 47.1 Å². The van der Waals surface area contributed by atoms with E-state index in [1.165, 1.54) is 0 Å². The average molecular weight is 350 g/mol. The largest absolute Gasteiger partial charge is 0.457 e. The molecular weight excluding hydrogens is 330 g/mol. The molecule has 0 unspecified atom stereocenters. The molecule has 2 N–H and O–H groups in total. The number of ether oxygens (including phenoxy) is 1. The molecule has 0 aromatic heterocycles. The van der Waals surface area contributed by atoms with Crippen LogP contribution in [0.5, 0.6) is 0 Å². The van der Waals surface area contributed by atoms with Crippen LogP contribution in [0.1, 0.15) is 11.1 Å². The van der Waals surface area contributed by atoms with Gasteiger partial charge in [-0.25, -0.2) is 0 Å². The van der Waals surface area contributed by atoms with Gasteiger partial charge in [-0.3, -0.25) is 5.41 Å². The summed E-state index contributed by atoms with van der Waals surface area (Å²) in [5.41, 5.74) is 5.17. The zero-order valence-corrected chi connectivity index (χ0v) is 14.9. The molecule has 27 heavy (non-hydrogen) atoms. The molecule has 0 fully saturated rings. The predicted octanol–water partition coefficient (Wildman–Crippen LogP) is 4.28. The molecule has 2 aromatic carbocycles. The first-order valence-corrected chi connectivity index (χ1v) is 8.91. The van der Waals surface area contributed by atoms with E-state index >= 15 is 0 Å². The second-order valence-corrected chi connectivity index (χ2v) is 6.34. The monoisotopic (exact) mass is 350 g/mol. The first-order chi connectivity index (χ1) is 13.3. The van der Waals surface area contributed by atoms with Crippen LogP contribution in [0.15, 0.2) is 121 Å². The van der Waals surface area contributed by atoms with E-state index in [1.807, 2.05) is 72.9 Å². The third-order valence-corrected chi connectivity index (χ3v) is 4.35. The van der Waals surface area contributed by atoms with E-state index in [0.717, 1.165) is 39.5 Å². The molecule has 1 heterocycles. The fourth-order valence-electron chi connectivity index (χ4n) is 2.93. The molecule has 130 valence electrons. The Hall–Kier alpha value is -3.65. The van der Waals surface area contributed by atoms with Gasteiger partial charge in [0.05, 0.1) is 0 Å². The van der Waals surface area contributed by atoms with Crippen molar-refractivity contribution >= 4 is 17.0 Å². The van der Waals surface area contributed by atoms with Gasteiger partial charge in [0, 0.05) is 17.7 Å². The summed E-state index contributed by atoms with van der Waals surface area (Å²) >= 11 is 0. The summed E-state index contributed by atoms with van der Waals surface area (Å²) < 4.78 is 6.16. The quantitative estimate of drug-likeness (QED) is 0.881. The van der Waals surface area contributed by atoms with Gasteiger partial charge in [0.2, 0.25) is 0 Å². The number of rotatable bonds is 3. The third kappa shape index (κ3) is 4.13. The molecule has 0 saturated heterocycles. The van der Waals surface area contributed by atoms with Crippen LogP contribution in [0.4, 0.5) is 0 Å². The van der Waals surface area contributed by atoms with Gasteiger partial charge in [-0.2, -0.15) is 0 Å². The SMILES string of the molecule is [NH2+]=C1C=CC(=C/C=C2\C=C(c3ccccc3)C=C(c3ccccc3)O2)C=C1. The van der Waals surface area contributed by atoms with Crippen LogP contribution in [0.3, 0.4) is 0 Å². The zero-order chi connectivity index (χ0) is 18.5. The molecule has 2 heteroatoms. The second kappa shape index (κ2) is 7.71. The lowest BCUT2D eigenvalue weighted by molar-refractivity contribution is -0.110. The summed E-state index contributed by atoms with van der Waals surface area (Å²) in [6.45, 7) is 0. The topological polar surface area (TPSA) is 34.8 Å². The van der Waals surface area contributed by atoms with Gasteiger partial charge in [0.25, 0.3) is 0 Å². The summed E-state index contributed by atoms with van der Waals surface area (Å²) in [5, 5.41) is 5.76. The minimum absolute atomic E-state index is 0.759. The normalized spacial score (nSPS) is 17.4. The Morgan fingerprint density at radius 1 is 0.667 bits per heavy atom. The van der Waals surface area contributed by atoms with E-state index in [1.54, 1.807) is 0 Å². The highest BCUT2D eigenvalue weighted by Gasteiger charge is 2.13. The summed E-state index contributed by atoms with van der Waals surface area (Å²) in [5.74, 6) is 1.64. The lowest BCUT2D eigenvalue weighted by Crippen LogP contribution is -2.37. The van der Waals surface area contributed by atoms with E-state index in [0.29, 0.717) is 0 Å². The van der Waals surface area contributed by atoms with E-state index in [9.17, 15) is 0 Å². The van der Waals surface area contributed by atoms with Gasteiger partial charge in [0.15, 0.2) is 5.71 Å². The smallest absolute Gasteiger partial charge is 0.196 e. The van der Waals surface area contributed by atoms with Crippen LogP contribution in [0, 0.1) is 0 Å². The molecular formula is C25H20NO+. The van der Waals surface area contributed by atoms with Crippen LogP contribution >= 0.6 is 0 Å². The number of hydrogen-bond acceptors (Lipinski definition) is 1. The number of allylic oxidation sites excluding steroid dienone is 10. The first kappa shape index (κ1) is 16.8. The highest BCUT2D eigenvalue weighted by Crippen LogP contribution is 2.31. The van der Waals surface area contributed by atoms with E-state index in [2.05, 4.69) is 36.4 Å². The lowest BCUT2D eigenvalue weighted by Gasteiger charge is -2.18. The van der Waals surface area contributed by atoms with E-state index in [-0.39, 0.29) is 0 Å². The Morgan fingerprint density at radius 3 is 1.96 bits per heavy atom. The van der Waals surface area contributed by atoms with Crippen LogP contribution < -0.4 is 5.41 Å². The average Bonchev–Trinajstić information content (AvgIpc) is 2.74. The fourth-order valence-corrected chi connectivity index (χ4v) is 2.93. The van der Waals surface area contributed by atoms with Gasteiger partial charge >= 0.3 is 0 Å². The maximum absolute atomic E-state index is 6.16. The van der Waals surface area contributed by atoms with Gasteiger partial charge in [-0.15, -0.1) is 0 Å². The van der Waals surface area contributed by atoms with Crippen LogP contribution in [-0.4, -0.2) is 5.71 Å². The number of hydrogen-bond donors (Lipinski definition) is 1. The van der Waals surface area contributed by atoms with Gasteiger partial charge in [0.1, 0.15) is 11.5 Å². The summed E-state index contributed by atoms with van der Waals surface area (Å²) in [6, 6.07) is 20.5. The highest BCUT2D eigenvalue weighted by atomic mass is 16.5. The zero-order valence-electron chi connectivity index (χ0n) is 14.9. The molecule has 2 nitrogen and oxygen atoms in total. The van der Waals surface area contributed by atoms with Gasteiger partial charge in [-0.1, -0.05) is 66.7 Å². The third-order valence-electron chi connectivity index (χ3n) is 4.35. The molecule has 4 rings (SSSR count). The van der Waals surface area contributed by atoms with Gasteiger partial charge < -0.3 is 4.74 Å². The van der Waals surface area contributed by atoms with Crippen LogP contribution in [0.25, 0.3) is 11.3 Å². The summed E-state index contributed by atoms with van der Waals surface area (Å²) in [4.78, 5) is 0. The Kier molecular flexibility index (Phi) is 4.80. The van der Waals surface area contributed by atoms with E-state index in [4.69, 9.17) is 10.1 Å². The molecule has 0 saturated carbocycles. The van der Waals surface area contributed by atoms with Crippen molar-refractivity contribution in [3.63, 3.8) is 0 Å². The lowest BCUT2D eigenvalue weighted by atomic mass is 10.0. The Balaban J connectivity index is 1.71. The second-order valence-electron chi connectivity index (χ2n) is 6.34. The molecule has 0 radical (unpaired) electrons. The van der Waals surface area contributed by atoms with Crippen molar-refractivity contribution in [3.8, 4) is 0 Å². The van der Waals surface area contributed by atoms with Crippen LogP contribution in [0.2, 0.25) is 0 Å². The van der Waals surface area contributed by atoms with Crippen molar-refractivity contribution in [1.29, 1.82) is 0 Å². The Bertz CT molecular complexity index is 1010. The fraction of sp³-hybridized carbons (Fsp3) is 0. The highest BCUT2D eigenvalue weighted by molar-refractivity contribution is 6.01. The van der Waals surface area contributed by atoms with Crippen LogP contribution in [-0.2, 0) is 4.74 Å². The van der Waals surface area contributed by atoms with Crippen molar-refractivity contribution in [3.05, 3.63) is 132 Å². The summed E-state index contributed by atoms with van der Waals surface area (Å²) in [6.07, 6.45) is 15.9. The molecule has 0 spiro atoms. The van der Waals surface area contributed by atoms with E-state index < -0.39 is 0 Å². The maximum Gasteiger partial charge on any atom is 0.196 e. The maximum atomic E-state index is 6.16. The standard InChI is InChI=1S/C25H19NO/c26-23-14-11-19(12-15-23)13-16-24-17-22(20-7-3-1-4-8-20)18-25(27-24)21-9-5-2-6-10-21/h1-18,26H/p+1/b19-13?,24-16+,26-23?. The molecule has 1 aliphatic carbocycles. The number of benzene rings is 2. The predicted molar refractivity (Wildman–Crippen MR) is 111 cm³/mol. The Morgan fingerprint density at radius 2 is 1.30 bits per heavy atom. The number of nitrogens with two attached hydrogens (primary N) is 1. The first-order valence-electron chi connectivity index (χ1n) is 8.91.